The van der Waals surface area contributed by atoms with Crippen LogP contribution >= 0.6 is 0 Å². The molecular weight excluding hydrogens is 218 g/mol. The van der Waals surface area contributed by atoms with E-state index < -0.39 is 0 Å². The highest BCUT2D eigenvalue weighted by atomic mass is 15.3. The molecule has 5 N–H and O–H groups in total. The molecule has 2 rings (SSSR count). The fourth-order valence-electron chi connectivity index (χ4n) is 1.30. The molecule has 0 atom stereocenters. The predicted octanol–water partition coefficient (Wildman–Crippen LogP) is 0.898. The van der Waals surface area contributed by atoms with Crippen molar-refractivity contribution in [3.8, 4) is 0 Å². The summed E-state index contributed by atoms with van der Waals surface area (Å²) in [6, 6.07) is 5.46. The van der Waals surface area contributed by atoms with Gasteiger partial charge in [0.2, 0.25) is 0 Å². The lowest BCUT2D eigenvalue weighted by Crippen LogP contribution is -2.13. The van der Waals surface area contributed by atoms with Gasteiger partial charge in [-0.25, -0.2) is 20.8 Å². The van der Waals surface area contributed by atoms with E-state index in [2.05, 4.69) is 25.7 Å². The summed E-state index contributed by atoms with van der Waals surface area (Å²) in [5, 5.41) is 10.3. The van der Waals surface area contributed by atoms with Gasteiger partial charge in [-0.3, -0.25) is 0 Å². The van der Waals surface area contributed by atoms with Gasteiger partial charge < -0.3 is 16.2 Å². The number of hydrogen-bond acceptors (Lipinski definition) is 7. The molecule has 0 saturated carbocycles. The van der Waals surface area contributed by atoms with Gasteiger partial charge in [-0.05, 0) is 12.1 Å². The lowest BCUT2D eigenvalue weighted by atomic mass is 10.3. The Hall–Kier alpha value is -2.54. The number of nitrogens with one attached hydrogen (secondary N) is 3. The van der Waals surface area contributed by atoms with E-state index in [1.165, 1.54) is 6.33 Å². The number of nitrogen functional groups attached to an aromatic ring is 1. The van der Waals surface area contributed by atoms with E-state index in [-0.39, 0.29) is 0 Å². The van der Waals surface area contributed by atoms with Crippen LogP contribution in [0.25, 0.3) is 0 Å². The molecule has 17 heavy (non-hydrogen) atoms. The molecule has 0 aliphatic carbocycles. The number of nitrogens with two attached hydrogens (primary N) is 1. The topological polar surface area (TPSA) is 113 Å². The molecule has 0 aliphatic heterocycles. The van der Waals surface area contributed by atoms with Crippen molar-refractivity contribution in [1.29, 1.82) is 5.41 Å². The highest BCUT2D eigenvalue weighted by Gasteiger charge is 2.08. The smallest absolute Gasteiger partial charge is 0.154 e. The van der Waals surface area contributed by atoms with Crippen molar-refractivity contribution in [1.82, 2.24) is 15.0 Å². The van der Waals surface area contributed by atoms with Crippen LogP contribution in [0.2, 0.25) is 0 Å². The molecule has 0 amide bonds. The second-order valence-electron chi connectivity index (χ2n) is 3.11. The fraction of sp³-hybridized carbons (Fsp3) is 0. The van der Waals surface area contributed by atoms with Crippen LogP contribution in [0.15, 0.2) is 30.7 Å². The van der Waals surface area contributed by atoms with Crippen LogP contribution in [0.4, 0.5) is 17.5 Å². The summed E-state index contributed by atoms with van der Waals surface area (Å²) in [6.45, 7) is 0. The van der Waals surface area contributed by atoms with Gasteiger partial charge in [-0.2, -0.15) is 0 Å². The minimum Gasteiger partial charge on any atom is -0.324 e. The van der Waals surface area contributed by atoms with E-state index in [1.54, 1.807) is 12.3 Å². The summed E-state index contributed by atoms with van der Waals surface area (Å²) < 4.78 is 0. The Morgan fingerprint density at radius 3 is 2.65 bits per heavy atom. The maximum atomic E-state index is 7.33. The Morgan fingerprint density at radius 1 is 1.18 bits per heavy atom. The third-order valence-corrected chi connectivity index (χ3v) is 2.08. The highest BCUT2D eigenvalue weighted by Crippen LogP contribution is 2.19. The maximum Gasteiger partial charge on any atom is 0.154 e. The largest absolute Gasteiger partial charge is 0.324 e. The molecule has 0 aromatic carbocycles. The zero-order chi connectivity index (χ0) is 12.1. The minimum atomic E-state index is 0.383. The number of aromatic nitrogens is 3. The quantitative estimate of drug-likeness (QED) is 0.352. The van der Waals surface area contributed by atoms with Crippen molar-refractivity contribution in [2.75, 3.05) is 10.7 Å². The first-order chi connectivity index (χ1) is 8.35. The van der Waals surface area contributed by atoms with Gasteiger partial charge in [-0.15, -0.1) is 0 Å². The standard InChI is InChI=1S/C10H11N7/c11-5-7-9(14-6-15-10(7)17-12)16-8-3-1-2-4-13-8/h1-6,11H,12H2,(H2,13,14,15,16,17). The van der Waals surface area contributed by atoms with Crippen LogP contribution in [0, 0.1) is 5.41 Å². The molecular formula is C10H11N7. The van der Waals surface area contributed by atoms with Crippen molar-refractivity contribution in [3.05, 3.63) is 36.3 Å². The highest BCUT2D eigenvalue weighted by molar-refractivity contribution is 5.91. The number of nitrogens with zero attached hydrogens (tertiary/aromatic N) is 3. The average molecular weight is 229 g/mol. The van der Waals surface area contributed by atoms with E-state index in [0.717, 1.165) is 6.21 Å². The van der Waals surface area contributed by atoms with Crippen LogP contribution in [0.1, 0.15) is 5.56 Å². The summed E-state index contributed by atoms with van der Waals surface area (Å²) >= 11 is 0. The number of hydrogen-bond donors (Lipinski definition) is 4. The van der Waals surface area contributed by atoms with Crippen molar-refractivity contribution in [3.63, 3.8) is 0 Å². The minimum absolute atomic E-state index is 0.383. The Kier molecular flexibility index (Phi) is 3.22. The summed E-state index contributed by atoms with van der Waals surface area (Å²) in [4.78, 5) is 12.1. The van der Waals surface area contributed by atoms with Gasteiger partial charge in [0, 0.05) is 12.4 Å². The van der Waals surface area contributed by atoms with Gasteiger partial charge in [0.05, 0.1) is 5.56 Å². The van der Waals surface area contributed by atoms with Crippen LogP contribution < -0.4 is 16.6 Å². The number of hydrazine groups is 1. The van der Waals surface area contributed by atoms with E-state index >= 15 is 0 Å². The zero-order valence-electron chi connectivity index (χ0n) is 8.88. The van der Waals surface area contributed by atoms with Crippen LogP contribution in [0.5, 0.6) is 0 Å². The van der Waals surface area contributed by atoms with Crippen LogP contribution in [-0.4, -0.2) is 21.2 Å². The summed E-state index contributed by atoms with van der Waals surface area (Å²) in [7, 11) is 0. The molecule has 2 heterocycles. The number of pyridine rings is 1. The van der Waals surface area contributed by atoms with Gasteiger partial charge >= 0.3 is 0 Å². The Labute approximate surface area is 97.6 Å². The molecule has 0 spiro atoms. The fourth-order valence-corrected chi connectivity index (χ4v) is 1.30. The van der Waals surface area contributed by atoms with E-state index in [9.17, 15) is 0 Å². The van der Waals surface area contributed by atoms with Gasteiger partial charge in [0.1, 0.15) is 18.0 Å². The molecule has 7 nitrogen and oxygen atoms in total. The molecule has 0 radical (unpaired) electrons. The second kappa shape index (κ2) is 4.99. The van der Waals surface area contributed by atoms with Crippen molar-refractivity contribution in [2.45, 2.75) is 0 Å². The summed E-state index contributed by atoms with van der Waals surface area (Å²) in [6.07, 6.45) is 4.14. The van der Waals surface area contributed by atoms with Gasteiger partial charge in [0.25, 0.3) is 0 Å². The molecule has 86 valence electrons. The first kappa shape index (κ1) is 11.0. The maximum absolute atomic E-state index is 7.33. The molecule has 7 heteroatoms. The molecule has 0 fully saturated rings. The summed E-state index contributed by atoms with van der Waals surface area (Å²) in [5.41, 5.74) is 2.88. The van der Waals surface area contributed by atoms with E-state index in [1.807, 2.05) is 12.1 Å². The second-order valence-corrected chi connectivity index (χ2v) is 3.11. The van der Waals surface area contributed by atoms with Crippen molar-refractivity contribution >= 4 is 23.7 Å². The van der Waals surface area contributed by atoms with E-state index in [4.69, 9.17) is 11.3 Å². The first-order valence-electron chi connectivity index (χ1n) is 4.85. The first-order valence-corrected chi connectivity index (χ1v) is 4.85. The molecule has 0 saturated heterocycles. The third-order valence-electron chi connectivity index (χ3n) is 2.08. The molecule has 0 aliphatic rings. The molecule has 2 aromatic rings. The average Bonchev–Trinajstić information content (AvgIpc) is 2.39. The Bertz CT molecular complexity index is 511. The van der Waals surface area contributed by atoms with Crippen molar-refractivity contribution in [2.24, 2.45) is 5.84 Å². The van der Waals surface area contributed by atoms with E-state index in [0.29, 0.717) is 23.0 Å². The number of anilines is 3. The lowest BCUT2D eigenvalue weighted by molar-refractivity contribution is 1.12. The zero-order valence-corrected chi connectivity index (χ0v) is 8.88. The molecule has 0 unspecified atom stereocenters. The Morgan fingerprint density at radius 2 is 2.00 bits per heavy atom. The van der Waals surface area contributed by atoms with Gasteiger partial charge in [0.15, 0.2) is 5.82 Å². The summed E-state index contributed by atoms with van der Waals surface area (Å²) in [5.74, 6) is 6.79. The van der Waals surface area contributed by atoms with Crippen LogP contribution in [0.3, 0.4) is 0 Å². The predicted molar refractivity (Wildman–Crippen MR) is 65.2 cm³/mol. The lowest BCUT2D eigenvalue weighted by Gasteiger charge is -2.09. The third kappa shape index (κ3) is 2.34. The SMILES string of the molecule is N=Cc1c(NN)ncnc1Nc1ccccn1. The molecule has 0 bridgehead atoms. The van der Waals surface area contributed by atoms with Crippen molar-refractivity contribution < 1.29 is 0 Å². The van der Waals surface area contributed by atoms with Gasteiger partial charge in [-0.1, -0.05) is 6.07 Å². The molecule has 2 aromatic heterocycles. The Balaban J connectivity index is 2.36. The number of rotatable bonds is 4. The monoisotopic (exact) mass is 229 g/mol. The normalized spacial score (nSPS) is 9.71. The van der Waals surface area contributed by atoms with Crippen LogP contribution in [-0.2, 0) is 0 Å².